The summed E-state index contributed by atoms with van der Waals surface area (Å²) in [6, 6.07) is 25.0. The highest BCUT2D eigenvalue weighted by Gasteiger charge is 2.22. The van der Waals surface area contributed by atoms with Gasteiger partial charge < -0.3 is 14.6 Å². The second-order valence-corrected chi connectivity index (χ2v) is 9.23. The summed E-state index contributed by atoms with van der Waals surface area (Å²) in [5.74, 6) is 0.538. The van der Waals surface area contributed by atoms with E-state index in [1.54, 1.807) is 13.3 Å². The number of benzene rings is 3. The molecule has 6 rings (SSSR count). The number of halogens is 1. The SMILES string of the molecule is COc1ncccc1Nc1cc2nc3ccccc3n(-c3ccc(Br)cc3)c-2c/c1=N\C1CC1. The lowest BCUT2D eigenvalue weighted by atomic mass is 10.1. The fourth-order valence-corrected chi connectivity index (χ4v) is 4.38. The summed E-state index contributed by atoms with van der Waals surface area (Å²) in [6.45, 7) is 0. The van der Waals surface area contributed by atoms with Crippen molar-refractivity contribution >= 4 is 38.3 Å². The van der Waals surface area contributed by atoms with E-state index in [1.165, 1.54) is 0 Å². The van der Waals surface area contributed by atoms with Crippen LogP contribution in [0.25, 0.3) is 28.1 Å². The molecule has 1 aliphatic heterocycles. The topological polar surface area (TPSA) is 64.3 Å². The number of methoxy groups -OCH3 is 1. The zero-order valence-corrected chi connectivity index (χ0v) is 20.2. The molecule has 2 aliphatic carbocycles. The molecule has 0 unspecified atom stereocenters. The van der Waals surface area contributed by atoms with Crippen molar-refractivity contribution in [1.82, 2.24) is 14.5 Å². The number of nitrogens with one attached hydrogen (secondary N) is 1. The molecule has 1 saturated carbocycles. The predicted octanol–water partition coefficient (Wildman–Crippen LogP) is 6.10. The zero-order valence-electron chi connectivity index (χ0n) is 18.6. The van der Waals surface area contributed by atoms with Crippen LogP contribution in [0.5, 0.6) is 5.88 Å². The van der Waals surface area contributed by atoms with Crippen LogP contribution in [0.15, 0.2) is 88.5 Å². The van der Waals surface area contributed by atoms with Crippen LogP contribution in [0.1, 0.15) is 12.8 Å². The van der Waals surface area contributed by atoms with Gasteiger partial charge in [-0.25, -0.2) is 9.97 Å². The van der Waals surface area contributed by atoms with Gasteiger partial charge in [0, 0.05) is 16.4 Å². The Bertz CT molecular complexity index is 1540. The van der Waals surface area contributed by atoms with E-state index in [9.17, 15) is 0 Å². The van der Waals surface area contributed by atoms with Crippen LogP contribution in [0, 0.1) is 0 Å². The third kappa shape index (κ3) is 3.92. The van der Waals surface area contributed by atoms with Gasteiger partial charge >= 0.3 is 0 Å². The summed E-state index contributed by atoms with van der Waals surface area (Å²) in [4.78, 5) is 14.4. The Balaban J connectivity index is 1.63. The number of para-hydroxylation sites is 2. The van der Waals surface area contributed by atoms with E-state index in [2.05, 4.69) is 73.3 Å². The Morgan fingerprint density at radius 1 is 1.00 bits per heavy atom. The first kappa shape index (κ1) is 20.9. The number of aromatic nitrogens is 3. The molecule has 3 aliphatic rings. The molecule has 1 aromatic heterocycles. The maximum Gasteiger partial charge on any atom is 0.237 e. The minimum absolute atomic E-state index is 0.364. The molecule has 0 saturated heterocycles. The lowest BCUT2D eigenvalue weighted by Gasteiger charge is -2.20. The third-order valence-electron chi connectivity index (χ3n) is 5.88. The molecule has 0 spiro atoms. The van der Waals surface area contributed by atoms with Crippen LogP contribution in [-0.4, -0.2) is 27.7 Å². The van der Waals surface area contributed by atoms with Gasteiger partial charge in [0.05, 0.1) is 46.6 Å². The Kier molecular flexibility index (Phi) is 5.26. The van der Waals surface area contributed by atoms with Crippen LogP contribution in [-0.2, 0) is 0 Å². The molecule has 34 heavy (non-hydrogen) atoms. The monoisotopic (exact) mass is 511 g/mol. The Hall–Kier alpha value is -3.71. The Morgan fingerprint density at radius 3 is 2.62 bits per heavy atom. The third-order valence-corrected chi connectivity index (χ3v) is 6.41. The van der Waals surface area contributed by atoms with Gasteiger partial charge in [-0.3, -0.25) is 4.99 Å². The predicted molar refractivity (Wildman–Crippen MR) is 138 cm³/mol. The van der Waals surface area contributed by atoms with Gasteiger partial charge in [-0.05, 0) is 73.5 Å². The van der Waals surface area contributed by atoms with Crippen LogP contribution in [0.4, 0.5) is 11.4 Å². The quantitative estimate of drug-likeness (QED) is 0.289. The fourth-order valence-electron chi connectivity index (χ4n) is 4.11. The van der Waals surface area contributed by atoms with Crippen molar-refractivity contribution in [2.75, 3.05) is 12.4 Å². The van der Waals surface area contributed by atoms with Crippen LogP contribution in [0.3, 0.4) is 0 Å². The number of rotatable bonds is 5. The molecule has 168 valence electrons. The summed E-state index contributed by atoms with van der Waals surface area (Å²) in [7, 11) is 1.62. The Morgan fingerprint density at radius 2 is 1.82 bits per heavy atom. The number of pyridine rings is 1. The largest absolute Gasteiger partial charge is 0.480 e. The second kappa shape index (κ2) is 8.57. The van der Waals surface area contributed by atoms with Crippen molar-refractivity contribution in [3.05, 3.63) is 88.8 Å². The average Bonchev–Trinajstić information content (AvgIpc) is 3.68. The smallest absolute Gasteiger partial charge is 0.237 e. The standard InChI is InChI=1S/C27H22BrN5O/c1-34-27-21(6-4-14-29-27)32-22-15-24-26(16-23(22)30-18-10-11-18)33(19-12-8-17(28)9-13-19)25-7-3-2-5-20(25)31-24/h2-9,12-16,18,32H,10-11H2,1H3/b30-23+. The summed E-state index contributed by atoms with van der Waals surface area (Å²) in [6.07, 6.45) is 3.96. The molecule has 0 atom stereocenters. The number of fused-ring (bicyclic) bond motifs is 2. The normalized spacial score (nSPS) is 14.0. The zero-order chi connectivity index (χ0) is 23.1. The molecule has 1 N–H and O–H groups in total. The first-order valence-corrected chi connectivity index (χ1v) is 12.0. The van der Waals surface area contributed by atoms with Gasteiger partial charge in [-0.15, -0.1) is 0 Å². The number of anilines is 2. The minimum atomic E-state index is 0.364. The van der Waals surface area contributed by atoms with Crippen LogP contribution < -0.4 is 15.4 Å². The molecular formula is C27H22BrN5O. The molecule has 0 amide bonds. The minimum Gasteiger partial charge on any atom is -0.480 e. The molecule has 2 heterocycles. The van der Waals surface area contributed by atoms with Crippen molar-refractivity contribution in [1.29, 1.82) is 0 Å². The van der Waals surface area contributed by atoms with Crippen molar-refractivity contribution in [2.24, 2.45) is 4.99 Å². The highest BCUT2D eigenvalue weighted by Crippen LogP contribution is 2.32. The summed E-state index contributed by atoms with van der Waals surface area (Å²) in [5, 5.41) is 4.40. The van der Waals surface area contributed by atoms with Gasteiger partial charge in [-0.1, -0.05) is 28.1 Å². The molecule has 0 radical (unpaired) electrons. The Labute approximate surface area is 205 Å². The number of hydrogen-bond donors (Lipinski definition) is 1. The van der Waals surface area contributed by atoms with Crippen LogP contribution >= 0.6 is 15.9 Å². The number of ether oxygens (including phenoxy) is 1. The maximum absolute atomic E-state index is 5.45. The highest BCUT2D eigenvalue weighted by molar-refractivity contribution is 9.10. The van der Waals surface area contributed by atoms with E-state index in [4.69, 9.17) is 14.7 Å². The maximum atomic E-state index is 5.45. The number of nitrogens with zero attached hydrogens (tertiary/aromatic N) is 4. The first-order chi connectivity index (χ1) is 16.7. The first-order valence-electron chi connectivity index (χ1n) is 11.2. The van der Waals surface area contributed by atoms with E-state index < -0.39 is 0 Å². The van der Waals surface area contributed by atoms with E-state index >= 15 is 0 Å². The summed E-state index contributed by atoms with van der Waals surface area (Å²) < 4.78 is 8.75. The molecule has 1 fully saturated rings. The van der Waals surface area contributed by atoms with Crippen molar-refractivity contribution in [2.45, 2.75) is 18.9 Å². The lowest BCUT2D eigenvalue weighted by Crippen LogP contribution is -2.16. The molecule has 6 nitrogen and oxygen atoms in total. The highest BCUT2D eigenvalue weighted by atomic mass is 79.9. The number of hydrogen-bond acceptors (Lipinski definition) is 5. The van der Waals surface area contributed by atoms with Gasteiger partial charge in [-0.2, -0.15) is 0 Å². The molecular weight excluding hydrogens is 490 g/mol. The van der Waals surface area contributed by atoms with Crippen molar-refractivity contribution < 1.29 is 4.74 Å². The van der Waals surface area contributed by atoms with Gasteiger partial charge in [0.2, 0.25) is 5.88 Å². The van der Waals surface area contributed by atoms with Gasteiger partial charge in [0.15, 0.2) is 0 Å². The van der Waals surface area contributed by atoms with Gasteiger partial charge in [0.1, 0.15) is 5.69 Å². The fraction of sp³-hybridized carbons (Fsp3) is 0.148. The van der Waals surface area contributed by atoms with E-state index in [-0.39, 0.29) is 0 Å². The van der Waals surface area contributed by atoms with Crippen LogP contribution in [0.2, 0.25) is 0 Å². The summed E-state index contributed by atoms with van der Waals surface area (Å²) >= 11 is 3.56. The van der Waals surface area contributed by atoms with E-state index in [1.807, 2.05) is 30.3 Å². The molecule has 3 aromatic rings. The van der Waals surface area contributed by atoms with Crippen molar-refractivity contribution in [3.63, 3.8) is 0 Å². The van der Waals surface area contributed by atoms with Gasteiger partial charge in [0.25, 0.3) is 0 Å². The lowest BCUT2D eigenvalue weighted by molar-refractivity contribution is 0.400. The van der Waals surface area contributed by atoms with Crippen molar-refractivity contribution in [3.8, 4) is 23.0 Å². The van der Waals surface area contributed by atoms with E-state index in [0.717, 1.165) is 62.2 Å². The average molecular weight is 512 g/mol. The molecule has 2 aromatic carbocycles. The molecule has 0 bridgehead atoms. The summed E-state index contributed by atoms with van der Waals surface area (Å²) in [5.41, 5.74) is 6.60. The second-order valence-electron chi connectivity index (χ2n) is 8.32. The molecule has 7 heteroatoms. The van der Waals surface area contributed by atoms with E-state index in [0.29, 0.717) is 11.9 Å².